The Balaban J connectivity index is 2.18. The normalized spacial score (nSPS) is 26.6. The molecular weight excluding hydrogens is 189 g/mol. The van der Waals surface area contributed by atoms with Crippen LogP contribution in [-0.2, 0) is 0 Å². The van der Waals surface area contributed by atoms with Crippen LogP contribution in [0.15, 0.2) is 18.2 Å². The number of piperidine rings is 1. The van der Waals surface area contributed by atoms with Crippen molar-refractivity contribution < 1.29 is 4.39 Å². The Morgan fingerprint density at radius 1 is 1.33 bits per heavy atom. The SMILES string of the molecule is Cc1ccc(C2CNCC(C)C2)cc1F. The van der Waals surface area contributed by atoms with Gasteiger partial charge >= 0.3 is 0 Å². The third-order valence-corrected chi connectivity index (χ3v) is 3.24. The monoisotopic (exact) mass is 207 g/mol. The van der Waals surface area contributed by atoms with Gasteiger partial charge in [0.15, 0.2) is 0 Å². The Kier molecular flexibility index (Phi) is 3.06. The molecule has 0 radical (unpaired) electrons. The van der Waals surface area contributed by atoms with Gasteiger partial charge in [-0.2, -0.15) is 0 Å². The zero-order valence-corrected chi connectivity index (χ0v) is 9.39. The van der Waals surface area contributed by atoms with Gasteiger partial charge in [0, 0.05) is 6.54 Å². The molecule has 1 N–H and O–H groups in total. The maximum Gasteiger partial charge on any atom is 0.126 e. The molecule has 0 aliphatic carbocycles. The Bertz CT molecular complexity index is 348. The molecule has 2 rings (SSSR count). The molecule has 1 fully saturated rings. The minimum Gasteiger partial charge on any atom is -0.316 e. The molecule has 2 unspecified atom stereocenters. The van der Waals surface area contributed by atoms with Crippen molar-refractivity contribution in [2.75, 3.05) is 13.1 Å². The van der Waals surface area contributed by atoms with Crippen LogP contribution in [0, 0.1) is 18.7 Å². The van der Waals surface area contributed by atoms with Crippen molar-refractivity contribution in [1.82, 2.24) is 5.32 Å². The average molecular weight is 207 g/mol. The fourth-order valence-corrected chi connectivity index (χ4v) is 2.27. The zero-order valence-electron chi connectivity index (χ0n) is 9.39. The summed E-state index contributed by atoms with van der Waals surface area (Å²) in [5, 5.41) is 3.39. The Morgan fingerprint density at radius 2 is 2.13 bits per heavy atom. The van der Waals surface area contributed by atoms with Gasteiger partial charge in [0.2, 0.25) is 0 Å². The summed E-state index contributed by atoms with van der Waals surface area (Å²) in [6, 6.07) is 5.63. The third kappa shape index (κ3) is 2.37. The molecule has 0 amide bonds. The van der Waals surface area contributed by atoms with Crippen LogP contribution in [0.2, 0.25) is 0 Å². The number of nitrogens with one attached hydrogen (secondary N) is 1. The van der Waals surface area contributed by atoms with E-state index in [0.29, 0.717) is 11.8 Å². The van der Waals surface area contributed by atoms with Crippen LogP contribution in [-0.4, -0.2) is 13.1 Å². The lowest BCUT2D eigenvalue weighted by molar-refractivity contribution is 0.363. The average Bonchev–Trinajstić information content (AvgIpc) is 2.22. The van der Waals surface area contributed by atoms with Gasteiger partial charge in [0.1, 0.15) is 5.82 Å². The summed E-state index contributed by atoms with van der Waals surface area (Å²) >= 11 is 0. The van der Waals surface area contributed by atoms with E-state index in [9.17, 15) is 4.39 Å². The predicted octanol–water partition coefficient (Wildman–Crippen LogP) is 2.85. The van der Waals surface area contributed by atoms with E-state index >= 15 is 0 Å². The molecule has 0 aromatic heterocycles. The molecule has 1 aliphatic rings. The maximum atomic E-state index is 13.4. The largest absolute Gasteiger partial charge is 0.316 e. The van der Waals surface area contributed by atoms with Gasteiger partial charge in [-0.15, -0.1) is 0 Å². The van der Waals surface area contributed by atoms with Gasteiger partial charge in [-0.1, -0.05) is 19.1 Å². The summed E-state index contributed by atoms with van der Waals surface area (Å²) in [4.78, 5) is 0. The maximum absolute atomic E-state index is 13.4. The molecule has 1 heterocycles. The van der Waals surface area contributed by atoms with E-state index in [1.54, 1.807) is 13.0 Å². The van der Waals surface area contributed by atoms with Crippen molar-refractivity contribution in [2.45, 2.75) is 26.2 Å². The number of halogens is 1. The molecule has 1 nitrogen and oxygen atoms in total. The summed E-state index contributed by atoms with van der Waals surface area (Å²) in [7, 11) is 0. The van der Waals surface area contributed by atoms with Crippen LogP contribution >= 0.6 is 0 Å². The van der Waals surface area contributed by atoms with Gasteiger partial charge in [-0.05, 0) is 48.9 Å². The molecule has 0 bridgehead atoms. The number of aryl methyl sites for hydroxylation is 1. The second kappa shape index (κ2) is 4.31. The lowest BCUT2D eigenvalue weighted by Gasteiger charge is -2.28. The molecular formula is C13H18FN. The fourth-order valence-electron chi connectivity index (χ4n) is 2.27. The lowest BCUT2D eigenvalue weighted by Crippen LogP contribution is -2.33. The standard InChI is InChI=1S/C13H18FN/c1-9-5-12(8-15-7-9)11-4-3-10(2)13(14)6-11/h3-4,6,9,12,15H,5,7-8H2,1-2H3. The fraction of sp³-hybridized carbons (Fsp3) is 0.538. The third-order valence-electron chi connectivity index (χ3n) is 3.24. The minimum atomic E-state index is -0.0780. The smallest absolute Gasteiger partial charge is 0.126 e. The second-order valence-corrected chi connectivity index (χ2v) is 4.70. The first-order valence-corrected chi connectivity index (χ1v) is 5.63. The summed E-state index contributed by atoms with van der Waals surface area (Å²) in [5.41, 5.74) is 1.87. The van der Waals surface area contributed by atoms with Crippen molar-refractivity contribution in [3.05, 3.63) is 35.1 Å². The number of rotatable bonds is 1. The first-order valence-electron chi connectivity index (χ1n) is 5.63. The van der Waals surface area contributed by atoms with Crippen LogP contribution < -0.4 is 5.32 Å². The quantitative estimate of drug-likeness (QED) is 0.746. The van der Waals surface area contributed by atoms with E-state index in [2.05, 4.69) is 18.3 Å². The molecule has 0 saturated carbocycles. The summed E-state index contributed by atoms with van der Waals surface area (Å²) < 4.78 is 13.4. The molecule has 1 saturated heterocycles. The molecule has 15 heavy (non-hydrogen) atoms. The van der Waals surface area contributed by atoms with E-state index in [1.165, 1.54) is 0 Å². The Morgan fingerprint density at radius 3 is 2.80 bits per heavy atom. The summed E-state index contributed by atoms with van der Waals surface area (Å²) in [5.74, 6) is 1.09. The Labute approximate surface area is 90.7 Å². The number of benzene rings is 1. The van der Waals surface area contributed by atoms with Crippen molar-refractivity contribution in [3.63, 3.8) is 0 Å². The minimum absolute atomic E-state index is 0.0780. The molecule has 1 aromatic rings. The van der Waals surface area contributed by atoms with Gasteiger partial charge in [-0.3, -0.25) is 0 Å². The highest BCUT2D eigenvalue weighted by molar-refractivity contribution is 5.26. The predicted molar refractivity (Wildman–Crippen MR) is 60.5 cm³/mol. The molecule has 82 valence electrons. The Hall–Kier alpha value is -0.890. The first-order chi connectivity index (χ1) is 7.16. The molecule has 1 aromatic carbocycles. The summed E-state index contributed by atoms with van der Waals surface area (Å²) in [6.45, 7) is 6.11. The molecule has 0 spiro atoms. The lowest BCUT2D eigenvalue weighted by atomic mass is 9.86. The number of hydrogen-bond acceptors (Lipinski definition) is 1. The molecule has 1 aliphatic heterocycles. The zero-order chi connectivity index (χ0) is 10.8. The van der Waals surface area contributed by atoms with Gasteiger partial charge in [0.25, 0.3) is 0 Å². The van der Waals surface area contributed by atoms with Crippen LogP contribution in [0.5, 0.6) is 0 Å². The van der Waals surface area contributed by atoms with E-state index < -0.39 is 0 Å². The van der Waals surface area contributed by atoms with Gasteiger partial charge in [-0.25, -0.2) is 4.39 Å². The van der Waals surface area contributed by atoms with Crippen molar-refractivity contribution in [1.29, 1.82) is 0 Å². The van der Waals surface area contributed by atoms with Gasteiger partial charge in [0.05, 0.1) is 0 Å². The highest BCUT2D eigenvalue weighted by atomic mass is 19.1. The van der Waals surface area contributed by atoms with E-state index in [0.717, 1.165) is 30.6 Å². The van der Waals surface area contributed by atoms with Crippen LogP contribution in [0.3, 0.4) is 0 Å². The first kappa shape index (κ1) is 10.6. The number of hydrogen-bond donors (Lipinski definition) is 1. The molecule has 2 atom stereocenters. The van der Waals surface area contributed by atoms with Crippen LogP contribution in [0.4, 0.5) is 4.39 Å². The molecule has 2 heteroatoms. The van der Waals surface area contributed by atoms with Gasteiger partial charge < -0.3 is 5.32 Å². The second-order valence-electron chi connectivity index (χ2n) is 4.70. The summed E-state index contributed by atoms with van der Waals surface area (Å²) in [6.07, 6.45) is 1.16. The van der Waals surface area contributed by atoms with Crippen molar-refractivity contribution in [3.8, 4) is 0 Å². The van der Waals surface area contributed by atoms with E-state index in [-0.39, 0.29) is 5.82 Å². The highest BCUT2D eigenvalue weighted by Crippen LogP contribution is 2.27. The van der Waals surface area contributed by atoms with E-state index in [4.69, 9.17) is 0 Å². The van der Waals surface area contributed by atoms with Crippen LogP contribution in [0.1, 0.15) is 30.4 Å². The topological polar surface area (TPSA) is 12.0 Å². The highest BCUT2D eigenvalue weighted by Gasteiger charge is 2.20. The van der Waals surface area contributed by atoms with Crippen molar-refractivity contribution in [2.24, 2.45) is 5.92 Å². The van der Waals surface area contributed by atoms with Crippen molar-refractivity contribution >= 4 is 0 Å². The van der Waals surface area contributed by atoms with Crippen LogP contribution in [0.25, 0.3) is 0 Å². The van der Waals surface area contributed by atoms with E-state index in [1.807, 2.05) is 6.07 Å².